The Labute approximate surface area is 106 Å². The van der Waals surface area contributed by atoms with E-state index in [4.69, 9.17) is 17.3 Å². The van der Waals surface area contributed by atoms with Gasteiger partial charge >= 0.3 is 0 Å². The minimum Gasteiger partial charge on any atom is -0.333 e. The number of nitrogens with zero attached hydrogens (tertiary/aromatic N) is 2. The predicted molar refractivity (Wildman–Crippen MR) is 70.1 cm³/mol. The third-order valence-corrected chi connectivity index (χ3v) is 2.71. The van der Waals surface area contributed by atoms with Gasteiger partial charge in [-0.25, -0.2) is 4.98 Å². The van der Waals surface area contributed by atoms with Crippen LogP contribution in [0.4, 0.5) is 0 Å². The molecule has 4 heteroatoms. The Bertz CT molecular complexity index is 491. The first-order chi connectivity index (χ1) is 8.13. The van der Waals surface area contributed by atoms with Gasteiger partial charge in [-0.2, -0.15) is 0 Å². The molecular formula is C13H16ClN3. The fraction of sp³-hybridized carbons (Fsp3) is 0.308. The first kappa shape index (κ1) is 12.1. The lowest BCUT2D eigenvalue weighted by atomic mass is 10.2. The van der Waals surface area contributed by atoms with Gasteiger partial charge in [0.1, 0.15) is 0 Å². The zero-order valence-electron chi connectivity index (χ0n) is 9.81. The summed E-state index contributed by atoms with van der Waals surface area (Å²) in [7, 11) is 0. The number of benzene rings is 1. The summed E-state index contributed by atoms with van der Waals surface area (Å²) in [5.41, 5.74) is 7.94. The van der Waals surface area contributed by atoms with E-state index in [2.05, 4.69) is 11.1 Å². The second-order valence-corrected chi connectivity index (χ2v) is 4.79. The molecule has 2 N–H and O–H groups in total. The highest BCUT2D eigenvalue weighted by molar-refractivity contribution is 6.30. The standard InChI is InChI=1S/C13H16ClN3/c1-10(15)5-13-8-17(9-16-13)7-11-3-2-4-12(14)6-11/h2-4,6,8-10H,5,7,15H2,1H3. The molecule has 1 aromatic heterocycles. The molecule has 1 aromatic carbocycles. The number of nitrogens with two attached hydrogens (primary N) is 1. The van der Waals surface area contributed by atoms with Crippen molar-refractivity contribution in [3.05, 3.63) is 53.1 Å². The van der Waals surface area contributed by atoms with Crippen LogP contribution in [0.5, 0.6) is 0 Å². The third-order valence-electron chi connectivity index (χ3n) is 2.47. The Morgan fingerprint density at radius 2 is 2.29 bits per heavy atom. The number of rotatable bonds is 4. The topological polar surface area (TPSA) is 43.8 Å². The molecule has 3 nitrogen and oxygen atoms in total. The van der Waals surface area contributed by atoms with E-state index < -0.39 is 0 Å². The summed E-state index contributed by atoms with van der Waals surface area (Å²) in [5, 5.41) is 0.762. The van der Waals surface area contributed by atoms with Crippen LogP contribution in [0.1, 0.15) is 18.2 Å². The maximum atomic E-state index is 5.94. The third kappa shape index (κ3) is 3.58. The number of imidazole rings is 1. The molecule has 0 radical (unpaired) electrons. The SMILES string of the molecule is CC(N)Cc1cn(Cc2cccc(Cl)c2)cn1. The van der Waals surface area contributed by atoms with Crippen molar-refractivity contribution >= 4 is 11.6 Å². The highest BCUT2D eigenvalue weighted by Crippen LogP contribution is 2.12. The Kier molecular flexibility index (Phi) is 3.82. The maximum Gasteiger partial charge on any atom is 0.0952 e. The van der Waals surface area contributed by atoms with E-state index in [0.29, 0.717) is 0 Å². The van der Waals surface area contributed by atoms with Gasteiger partial charge < -0.3 is 10.3 Å². The highest BCUT2D eigenvalue weighted by atomic mass is 35.5. The van der Waals surface area contributed by atoms with Gasteiger partial charge in [0.2, 0.25) is 0 Å². The fourth-order valence-electron chi connectivity index (χ4n) is 1.77. The summed E-state index contributed by atoms with van der Waals surface area (Å²) in [6, 6.07) is 7.99. The number of halogens is 1. The van der Waals surface area contributed by atoms with Crippen molar-refractivity contribution in [1.82, 2.24) is 9.55 Å². The molecule has 0 fully saturated rings. The van der Waals surface area contributed by atoms with E-state index in [1.54, 1.807) is 0 Å². The van der Waals surface area contributed by atoms with Crippen molar-refractivity contribution in [3.8, 4) is 0 Å². The summed E-state index contributed by atoms with van der Waals surface area (Å²) in [4.78, 5) is 4.32. The van der Waals surface area contributed by atoms with Crippen LogP contribution < -0.4 is 5.73 Å². The second kappa shape index (κ2) is 5.34. The Hall–Kier alpha value is -1.32. The van der Waals surface area contributed by atoms with Crippen LogP contribution in [0.2, 0.25) is 5.02 Å². The van der Waals surface area contributed by atoms with Gasteiger partial charge in [-0.1, -0.05) is 23.7 Å². The van der Waals surface area contributed by atoms with Crippen LogP contribution in [0.3, 0.4) is 0 Å². The van der Waals surface area contributed by atoms with Gasteiger partial charge in [-0.05, 0) is 24.6 Å². The lowest BCUT2D eigenvalue weighted by molar-refractivity contribution is 0.723. The average molecular weight is 250 g/mol. The van der Waals surface area contributed by atoms with Gasteiger partial charge in [0.15, 0.2) is 0 Å². The van der Waals surface area contributed by atoms with Crippen LogP contribution in [-0.4, -0.2) is 15.6 Å². The molecule has 1 unspecified atom stereocenters. The Morgan fingerprint density at radius 3 is 3.00 bits per heavy atom. The molecule has 0 saturated carbocycles. The lowest BCUT2D eigenvalue weighted by Crippen LogP contribution is -2.17. The summed E-state index contributed by atoms with van der Waals surface area (Å²) < 4.78 is 2.05. The average Bonchev–Trinajstić information content (AvgIpc) is 2.64. The molecule has 0 aliphatic carbocycles. The molecule has 1 atom stereocenters. The summed E-state index contributed by atoms with van der Waals surface area (Å²) in [5.74, 6) is 0. The van der Waals surface area contributed by atoms with Crippen molar-refractivity contribution in [3.63, 3.8) is 0 Å². The minimum atomic E-state index is 0.143. The Balaban J connectivity index is 2.06. The van der Waals surface area contributed by atoms with Crippen LogP contribution in [0.15, 0.2) is 36.8 Å². The molecule has 2 aromatic rings. The molecule has 0 spiro atoms. The molecule has 1 heterocycles. The normalized spacial score (nSPS) is 12.6. The molecule has 0 bridgehead atoms. The number of hydrogen-bond acceptors (Lipinski definition) is 2. The molecule has 90 valence electrons. The van der Waals surface area contributed by atoms with Crippen LogP contribution in [0.25, 0.3) is 0 Å². The summed E-state index contributed by atoms with van der Waals surface area (Å²) in [6.07, 6.45) is 4.67. The smallest absolute Gasteiger partial charge is 0.0952 e. The first-order valence-electron chi connectivity index (χ1n) is 5.64. The van der Waals surface area contributed by atoms with Gasteiger partial charge in [0.05, 0.1) is 12.0 Å². The van der Waals surface area contributed by atoms with Crippen molar-refractivity contribution in [2.24, 2.45) is 5.73 Å². The fourth-order valence-corrected chi connectivity index (χ4v) is 1.99. The van der Waals surface area contributed by atoms with E-state index in [0.717, 1.165) is 23.7 Å². The zero-order chi connectivity index (χ0) is 12.3. The maximum absolute atomic E-state index is 5.94. The Morgan fingerprint density at radius 1 is 1.47 bits per heavy atom. The molecule has 0 saturated heterocycles. The van der Waals surface area contributed by atoms with Gasteiger partial charge in [-0.15, -0.1) is 0 Å². The van der Waals surface area contributed by atoms with Crippen LogP contribution in [-0.2, 0) is 13.0 Å². The van der Waals surface area contributed by atoms with E-state index in [1.807, 2.05) is 42.2 Å². The van der Waals surface area contributed by atoms with Crippen LogP contribution >= 0.6 is 11.6 Å². The molecular weight excluding hydrogens is 234 g/mol. The van der Waals surface area contributed by atoms with Crippen molar-refractivity contribution in [1.29, 1.82) is 0 Å². The molecule has 0 aliphatic rings. The quantitative estimate of drug-likeness (QED) is 0.905. The monoisotopic (exact) mass is 249 g/mol. The van der Waals surface area contributed by atoms with E-state index >= 15 is 0 Å². The summed E-state index contributed by atoms with van der Waals surface area (Å²) >= 11 is 5.94. The first-order valence-corrected chi connectivity index (χ1v) is 6.02. The van der Waals surface area contributed by atoms with Gasteiger partial charge in [-0.3, -0.25) is 0 Å². The second-order valence-electron chi connectivity index (χ2n) is 4.35. The van der Waals surface area contributed by atoms with E-state index in [9.17, 15) is 0 Å². The van der Waals surface area contributed by atoms with Gasteiger partial charge in [0.25, 0.3) is 0 Å². The van der Waals surface area contributed by atoms with Crippen molar-refractivity contribution < 1.29 is 0 Å². The number of aromatic nitrogens is 2. The highest BCUT2D eigenvalue weighted by Gasteiger charge is 2.02. The number of hydrogen-bond donors (Lipinski definition) is 1. The lowest BCUT2D eigenvalue weighted by Gasteiger charge is -2.03. The summed E-state index contributed by atoms with van der Waals surface area (Å²) in [6.45, 7) is 2.77. The zero-order valence-corrected chi connectivity index (χ0v) is 10.6. The molecule has 0 aliphatic heterocycles. The van der Waals surface area contributed by atoms with Crippen molar-refractivity contribution in [2.75, 3.05) is 0 Å². The van der Waals surface area contributed by atoms with E-state index in [-0.39, 0.29) is 6.04 Å². The molecule has 0 amide bonds. The largest absolute Gasteiger partial charge is 0.333 e. The van der Waals surface area contributed by atoms with Gasteiger partial charge in [0, 0.05) is 30.2 Å². The predicted octanol–water partition coefficient (Wildman–Crippen LogP) is 2.47. The van der Waals surface area contributed by atoms with Crippen LogP contribution in [0, 0.1) is 0 Å². The van der Waals surface area contributed by atoms with Crippen molar-refractivity contribution in [2.45, 2.75) is 25.9 Å². The molecule has 17 heavy (non-hydrogen) atoms. The minimum absolute atomic E-state index is 0.143. The van der Waals surface area contributed by atoms with E-state index in [1.165, 1.54) is 5.56 Å². The molecule has 2 rings (SSSR count).